The van der Waals surface area contributed by atoms with Gasteiger partial charge in [-0.1, -0.05) is 11.6 Å². The van der Waals surface area contributed by atoms with Gasteiger partial charge < -0.3 is 15.1 Å². The minimum Gasteiger partial charge on any atom is -0.451 e. The molecule has 18 heavy (non-hydrogen) atoms. The summed E-state index contributed by atoms with van der Waals surface area (Å²) >= 11 is 0. The summed E-state index contributed by atoms with van der Waals surface area (Å²) in [4.78, 5) is 12.0. The molecule has 0 saturated carbocycles. The number of furan rings is 1. The van der Waals surface area contributed by atoms with Gasteiger partial charge in [0, 0.05) is 18.0 Å². The molecule has 1 aromatic carbocycles. The molecule has 1 fully saturated rings. The molecule has 0 radical (unpaired) electrons. The van der Waals surface area contributed by atoms with E-state index in [1.165, 1.54) is 0 Å². The van der Waals surface area contributed by atoms with Gasteiger partial charge in [-0.2, -0.15) is 0 Å². The molecule has 2 heterocycles. The van der Waals surface area contributed by atoms with Crippen molar-refractivity contribution in [1.82, 2.24) is 10.6 Å². The number of benzene rings is 1. The van der Waals surface area contributed by atoms with Gasteiger partial charge in [0.2, 0.25) is 0 Å². The van der Waals surface area contributed by atoms with Crippen molar-refractivity contribution in [2.75, 3.05) is 13.1 Å². The van der Waals surface area contributed by atoms with Crippen molar-refractivity contribution in [1.29, 1.82) is 0 Å². The van der Waals surface area contributed by atoms with Gasteiger partial charge in [-0.3, -0.25) is 4.79 Å². The predicted octanol–water partition coefficient (Wildman–Crippen LogP) is 1.83. The van der Waals surface area contributed by atoms with Crippen LogP contribution in [0.3, 0.4) is 0 Å². The summed E-state index contributed by atoms with van der Waals surface area (Å²) in [6.07, 6.45) is 0.977. The first-order valence-electron chi connectivity index (χ1n) is 6.24. The molecule has 2 aromatic rings. The van der Waals surface area contributed by atoms with Crippen molar-refractivity contribution in [2.45, 2.75) is 19.4 Å². The highest BCUT2D eigenvalue weighted by molar-refractivity contribution is 5.96. The van der Waals surface area contributed by atoms with Crippen LogP contribution in [-0.4, -0.2) is 25.0 Å². The third-order valence-corrected chi connectivity index (χ3v) is 3.29. The van der Waals surface area contributed by atoms with Gasteiger partial charge in [-0.25, -0.2) is 0 Å². The molecule has 0 bridgehead atoms. The molecule has 0 spiro atoms. The van der Waals surface area contributed by atoms with Gasteiger partial charge in [-0.05, 0) is 38.1 Å². The molecule has 4 nitrogen and oxygen atoms in total. The normalized spacial score (nSPS) is 19.3. The molecule has 1 saturated heterocycles. The molecule has 94 valence electrons. The molecule has 3 rings (SSSR count). The minimum atomic E-state index is -0.127. The van der Waals surface area contributed by atoms with Crippen molar-refractivity contribution in [3.05, 3.63) is 35.6 Å². The highest BCUT2D eigenvalue weighted by atomic mass is 16.3. The fraction of sp³-hybridized carbons (Fsp3) is 0.357. The lowest BCUT2D eigenvalue weighted by molar-refractivity contribution is 0.0914. The maximum absolute atomic E-state index is 12.0. The van der Waals surface area contributed by atoms with Crippen LogP contribution in [0.4, 0.5) is 0 Å². The Kier molecular flexibility index (Phi) is 2.80. The zero-order chi connectivity index (χ0) is 12.5. The van der Waals surface area contributed by atoms with Crippen LogP contribution in [0.5, 0.6) is 0 Å². The van der Waals surface area contributed by atoms with E-state index in [1.54, 1.807) is 6.07 Å². The van der Waals surface area contributed by atoms with E-state index < -0.39 is 0 Å². The number of aryl methyl sites for hydroxylation is 1. The number of rotatable bonds is 2. The third-order valence-electron chi connectivity index (χ3n) is 3.29. The molecule has 4 heteroatoms. The topological polar surface area (TPSA) is 54.3 Å². The summed E-state index contributed by atoms with van der Waals surface area (Å²) in [5.74, 6) is 0.264. The lowest BCUT2D eigenvalue weighted by Gasteiger charge is -2.08. The molecule has 1 atom stereocenters. The molecule has 0 aliphatic carbocycles. The smallest absolute Gasteiger partial charge is 0.287 e. The average Bonchev–Trinajstić information content (AvgIpc) is 2.96. The summed E-state index contributed by atoms with van der Waals surface area (Å²) in [5.41, 5.74) is 1.92. The molecule has 1 aliphatic heterocycles. The zero-order valence-corrected chi connectivity index (χ0v) is 10.3. The van der Waals surface area contributed by atoms with Crippen LogP contribution < -0.4 is 10.6 Å². The molecular weight excluding hydrogens is 228 g/mol. The molecule has 1 aromatic heterocycles. The van der Waals surface area contributed by atoms with Crippen molar-refractivity contribution in [3.63, 3.8) is 0 Å². The number of nitrogens with one attached hydrogen (secondary N) is 2. The van der Waals surface area contributed by atoms with Crippen LogP contribution in [0.1, 0.15) is 22.5 Å². The van der Waals surface area contributed by atoms with Crippen LogP contribution in [0, 0.1) is 6.92 Å². The van der Waals surface area contributed by atoms with E-state index in [0.717, 1.165) is 36.0 Å². The van der Waals surface area contributed by atoms with Crippen LogP contribution in [0.25, 0.3) is 11.0 Å². The lowest BCUT2D eigenvalue weighted by Crippen LogP contribution is -2.35. The number of hydrogen-bond acceptors (Lipinski definition) is 3. The number of amides is 1. The van der Waals surface area contributed by atoms with Gasteiger partial charge in [0.15, 0.2) is 5.76 Å². The van der Waals surface area contributed by atoms with Gasteiger partial charge in [0.1, 0.15) is 5.58 Å². The fourth-order valence-corrected chi connectivity index (χ4v) is 2.31. The summed E-state index contributed by atoms with van der Waals surface area (Å²) in [6, 6.07) is 7.92. The maximum atomic E-state index is 12.0. The lowest BCUT2D eigenvalue weighted by atomic mass is 10.2. The Morgan fingerprint density at radius 3 is 3.11 bits per heavy atom. The Hall–Kier alpha value is -1.81. The Bertz CT molecular complexity index is 582. The minimum absolute atomic E-state index is 0.127. The summed E-state index contributed by atoms with van der Waals surface area (Å²) in [6.45, 7) is 3.83. The van der Waals surface area contributed by atoms with E-state index in [2.05, 4.69) is 10.6 Å². The number of carbonyl (C=O) groups is 1. The van der Waals surface area contributed by atoms with Gasteiger partial charge in [0.05, 0.1) is 0 Å². The van der Waals surface area contributed by atoms with Crippen molar-refractivity contribution < 1.29 is 9.21 Å². The number of fused-ring (bicyclic) bond motifs is 1. The van der Waals surface area contributed by atoms with Crippen molar-refractivity contribution >= 4 is 16.9 Å². The van der Waals surface area contributed by atoms with Crippen LogP contribution in [0.15, 0.2) is 28.7 Å². The largest absolute Gasteiger partial charge is 0.451 e. The summed E-state index contributed by atoms with van der Waals surface area (Å²) < 4.78 is 5.56. The summed E-state index contributed by atoms with van der Waals surface area (Å²) in [7, 11) is 0. The Labute approximate surface area is 105 Å². The highest BCUT2D eigenvalue weighted by Gasteiger charge is 2.19. The monoisotopic (exact) mass is 244 g/mol. The first-order chi connectivity index (χ1) is 8.72. The maximum Gasteiger partial charge on any atom is 0.287 e. The molecule has 2 N–H and O–H groups in total. The van der Waals surface area contributed by atoms with E-state index >= 15 is 0 Å². The zero-order valence-electron chi connectivity index (χ0n) is 10.3. The van der Waals surface area contributed by atoms with E-state index in [0.29, 0.717) is 5.76 Å². The Balaban J connectivity index is 1.82. The van der Waals surface area contributed by atoms with Gasteiger partial charge in [0.25, 0.3) is 5.91 Å². The average molecular weight is 244 g/mol. The predicted molar refractivity (Wildman–Crippen MR) is 69.7 cm³/mol. The molecule has 0 unspecified atom stereocenters. The van der Waals surface area contributed by atoms with E-state index in [9.17, 15) is 4.79 Å². The van der Waals surface area contributed by atoms with Crippen LogP contribution >= 0.6 is 0 Å². The second-order valence-corrected chi connectivity index (χ2v) is 4.82. The fourth-order valence-electron chi connectivity index (χ4n) is 2.31. The van der Waals surface area contributed by atoms with Gasteiger partial charge in [-0.15, -0.1) is 0 Å². The third kappa shape index (κ3) is 2.11. The Morgan fingerprint density at radius 2 is 2.33 bits per heavy atom. The van der Waals surface area contributed by atoms with E-state index in [-0.39, 0.29) is 11.9 Å². The quantitative estimate of drug-likeness (QED) is 0.847. The SMILES string of the molecule is Cc1ccc2oc(C(=O)N[C@@H]3CCNC3)cc2c1. The molecule has 1 aliphatic rings. The summed E-state index contributed by atoms with van der Waals surface area (Å²) in [5, 5.41) is 7.17. The highest BCUT2D eigenvalue weighted by Crippen LogP contribution is 2.20. The number of carbonyl (C=O) groups excluding carboxylic acids is 1. The van der Waals surface area contributed by atoms with Crippen molar-refractivity contribution in [2.24, 2.45) is 0 Å². The molecular formula is C14H16N2O2. The second kappa shape index (κ2) is 4.46. The Morgan fingerprint density at radius 1 is 1.44 bits per heavy atom. The van der Waals surface area contributed by atoms with Gasteiger partial charge >= 0.3 is 0 Å². The van der Waals surface area contributed by atoms with Crippen LogP contribution in [0.2, 0.25) is 0 Å². The first-order valence-corrected chi connectivity index (χ1v) is 6.24. The second-order valence-electron chi connectivity index (χ2n) is 4.82. The first kappa shape index (κ1) is 11.3. The van der Waals surface area contributed by atoms with Crippen LogP contribution in [-0.2, 0) is 0 Å². The standard InChI is InChI=1S/C14H16N2O2/c1-9-2-3-12-10(6-9)7-13(18-12)14(17)16-11-4-5-15-8-11/h2-3,6-7,11,15H,4-5,8H2,1H3,(H,16,17)/t11-/m1/s1. The van der Waals surface area contributed by atoms with E-state index in [4.69, 9.17) is 4.42 Å². The van der Waals surface area contributed by atoms with E-state index in [1.807, 2.05) is 25.1 Å². The number of hydrogen-bond donors (Lipinski definition) is 2. The van der Waals surface area contributed by atoms with Crippen molar-refractivity contribution in [3.8, 4) is 0 Å². The molecule has 1 amide bonds.